The van der Waals surface area contributed by atoms with Crippen LogP contribution in [0.25, 0.3) is 22.2 Å². The standard InChI is InChI=1S/C28H28F9N7O4.2C2H6/c1-11-6-12(2)48-22-16-20(18(29)19(42-22)14-7-15(38)41-13(3)17(14)27(32,33)34)43-24(44-21(16)40-5-4-39-11)47-10-25(8-26(25,30)31)9-46-23(45)28(35,36)37;2*1-2/h7,11-12,39H,4-6,8-10H2,1-3H3,(H2,38,41)(H,40,43,44);2*1-2H3. The van der Waals surface area contributed by atoms with E-state index in [1.165, 1.54) is 0 Å². The van der Waals surface area contributed by atoms with Crippen molar-refractivity contribution < 1.29 is 58.5 Å². The zero-order chi connectivity index (χ0) is 39.4. The molecule has 0 spiro atoms. The number of pyridine rings is 2. The number of nitrogens with zero attached hydrogens (tertiary/aromatic N) is 4. The average Bonchev–Trinajstić information content (AvgIpc) is 3.62. The van der Waals surface area contributed by atoms with Gasteiger partial charge < -0.3 is 30.6 Å². The highest BCUT2D eigenvalue weighted by Crippen LogP contribution is 2.60. The molecule has 0 radical (unpaired) electrons. The highest BCUT2D eigenvalue weighted by molar-refractivity contribution is 5.96. The van der Waals surface area contributed by atoms with Gasteiger partial charge in [0.05, 0.1) is 17.4 Å². The molecule has 1 aliphatic heterocycles. The number of carbonyl (C=O) groups excluding carboxylic acids is 1. The minimum Gasteiger partial charge on any atom is -0.474 e. The zero-order valence-corrected chi connectivity index (χ0v) is 29.4. The summed E-state index contributed by atoms with van der Waals surface area (Å²) in [6.45, 7) is 10.5. The molecular formula is C32H40F9N7O4. The molecule has 3 unspecified atom stereocenters. The van der Waals surface area contributed by atoms with Crippen molar-refractivity contribution >= 4 is 28.5 Å². The minimum absolute atomic E-state index is 0.120. The van der Waals surface area contributed by atoms with E-state index in [-0.39, 0.29) is 35.5 Å². The van der Waals surface area contributed by atoms with Crippen LogP contribution in [0.3, 0.4) is 0 Å². The van der Waals surface area contributed by atoms with Gasteiger partial charge in [0.1, 0.15) is 46.9 Å². The van der Waals surface area contributed by atoms with Gasteiger partial charge in [0.2, 0.25) is 5.88 Å². The molecule has 3 aromatic heterocycles. The lowest BCUT2D eigenvalue weighted by Crippen LogP contribution is -2.34. The minimum atomic E-state index is -5.44. The van der Waals surface area contributed by atoms with Gasteiger partial charge in [0.25, 0.3) is 5.92 Å². The van der Waals surface area contributed by atoms with Crippen molar-refractivity contribution in [3.8, 4) is 23.1 Å². The molecule has 52 heavy (non-hydrogen) atoms. The molecule has 11 nitrogen and oxygen atoms in total. The van der Waals surface area contributed by atoms with Gasteiger partial charge in [-0.05, 0) is 33.3 Å². The van der Waals surface area contributed by atoms with Crippen LogP contribution in [0.5, 0.6) is 11.9 Å². The van der Waals surface area contributed by atoms with Crippen LogP contribution in [0.2, 0.25) is 0 Å². The second-order valence-electron chi connectivity index (χ2n) is 11.7. The van der Waals surface area contributed by atoms with Crippen LogP contribution < -0.4 is 25.8 Å². The maximum atomic E-state index is 16.5. The Morgan fingerprint density at radius 2 is 1.65 bits per heavy atom. The molecule has 3 aromatic rings. The first-order valence-corrected chi connectivity index (χ1v) is 16.4. The van der Waals surface area contributed by atoms with E-state index in [9.17, 15) is 39.9 Å². The summed E-state index contributed by atoms with van der Waals surface area (Å²) in [5, 5.41) is 5.88. The molecule has 4 N–H and O–H groups in total. The number of nitrogen functional groups attached to an aromatic ring is 1. The molecule has 1 saturated carbocycles. The number of hydrogen-bond acceptors (Lipinski definition) is 11. The first-order valence-electron chi connectivity index (χ1n) is 16.4. The van der Waals surface area contributed by atoms with Gasteiger partial charge >= 0.3 is 24.3 Å². The molecule has 0 saturated heterocycles. The van der Waals surface area contributed by atoms with Crippen molar-refractivity contribution in [2.45, 2.75) is 91.7 Å². The van der Waals surface area contributed by atoms with Crippen LogP contribution in [0.4, 0.5) is 51.1 Å². The van der Waals surface area contributed by atoms with Crippen LogP contribution in [-0.4, -0.2) is 76.5 Å². The summed E-state index contributed by atoms with van der Waals surface area (Å²) in [5.41, 5.74) is -0.919. The summed E-state index contributed by atoms with van der Waals surface area (Å²) in [6, 6.07) is -0.119. The Kier molecular flexibility index (Phi) is 13.0. The third-order valence-corrected chi connectivity index (χ3v) is 7.80. The van der Waals surface area contributed by atoms with Crippen LogP contribution in [0.15, 0.2) is 6.07 Å². The topological polar surface area (TPSA) is 146 Å². The van der Waals surface area contributed by atoms with Gasteiger partial charge in [0.15, 0.2) is 5.82 Å². The van der Waals surface area contributed by atoms with E-state index in [4.69, 9.17) is 15.2 Å². The number of nitrogens with two attached hydrogens (primary N) is 1. The molecule has 4 heterocycles. The molecular weight excluding hydrogens is 717 g/mol. The molecule has 290 valence electrons. The summed E-state index contributed by atoms with van der Waals surface area (Å²) in [4.78, 5) is 27.0. The Labute approximate surface area is 293 Å². The Balaban J connectivity index is 0.00000176. The number of rotatable bonds is 6. The van der Waals surface area contributed by atoms with E-state index in [0.717, 1.165) is 13.0 Å². The van der Waals surface area contributed by atoms with Gasteiger partial charge in [-0.3, -0.25) is 0 Å². The van der Waals surface area contributed by atoms with Gasteiger partial charge in [-0.15, -0.1) is 0 Å². The Morgan fingerprint density at radius 1 is 1.02 bits per heavy atom. The Bertz CT molecular complexity index is 1740. The summed E-state index contributed by atoms with van der Waals surface area (Å²) in [7, 11) is 0. The SMILES string of the molecule is CC.CC.Cc1nc(N)cc(-c2nc3c4c(nc(OCC5(COC(=O)C(F)(F)F)CC5(F)F)nc4c2F)NCCNC(C)CC(C)O3)c1C(F)(F)F. The van der Waals surface area contributed by atoms with Gasteiger partial charge in [-0.1, -0.05) is 27.7 Å². The summed E-state index contributed by atoms with van der Waals surface area (Å²) in [5.74, 6) is -8.67. The predicted octanol–water partition coefficient (Wildman–Crippen LogP) is 7.26. The van der Waals surface area contributed by atoms with Crippen molar-refractivity contribution in [2.24, 2.45) is 5.41 Å². The molecule has 1 aliphatic carbocycles. The largest absolute Gasteiger partial charge is 0.490 e. The number of esters is 1. The van der Waals surface area contributed by atoms with Crippen LogP contribution in [0.1, 0.15) is 65.6 Å². The number of carbonyl (C=O) groups is 1. The summed E-state index contributed by atoms with van der Waals surface area (Å²) in [6.07, 6.45) is -11.7. The second kappa shape index (κ2) is 16.1. The number of nitrogens with one attached hydrogen (secondary N) is 2. The molecule has 3 atom stereocenters. The molecule has 2 aliphatic rings. The van der Waals surface area contributed by atoms with Crippen molar-refractivity contribution in [3.05, 3.63) is 23.1 Å². The number of aryl methyl sites for hydroxylation is 1. The number of ether oxygens (including phenoxy) is 3. The van der Waals surface area contributed by atoms with Crippen molar-refractivity contribution in [1.82, 2.24) is 25.3 Å². The summed E-state index contributed by atoms with van der Waals surface area (Å²) < 4.78 is 141. The number of alkyl halides is 8. The number of anilines is 2. The lowest BCUT2D eigenvalue weighted by Gasteiger charge is -2.21. The predicted molar refractivity (Wildman–Crippen MR) is 173 cm³/mol. The first kappa shape index (κ1) is 42.1. The molecule has 0 bridgehead atoms. The third kappa shape index (κ3) is 9.16. The monoisotopic (exact) mass is 757 g/mol. The van der Waals surface area contributed by atoms with Crippen molar-refractivity contribution in [2.75, 3.05) is 37.4 Å². The average molecular weight is 758 g/mol. The first-order chi connectivity index (χ1) is 24.2. The smallest absolute Gasteiger partial charge is 0.474 e. The fraction of sp³-hybridized carbons (Fsp3) is 0.594. The lowest BCUT2D eigenvalue weighted by atomic mass is 10.0. The maximum Gasteiger partial charge on any atom is 0.490 e. The Morgan fingerprint density at radius 3 is 2.23 bits per heavy atom. The zero-order valence-electron chi connectivity index (χ0n) is 29.4. The van der Waals surface area contributed by atoms with Crippen LogP contribution in [0, 0.1) is 18.2 Å². The fourth-order valence-electron chi connectivity index (χ4n) is 5.36. The van der Waals surface area contributed by atoms with Crippen LogP contribution in [-0.2, 0) is 15.7 Å². The number of aromatic nitrogens is 4. The van der Waals surface area contributed by atoms with Crippen molar-refractivity contribution in [1.29, 1.82) is 0 Å². The third-order valence-electron chi connectivity index (χ3n) is 7.80. The molecule has 1 fully saturated rings. The van der Waals surface area contributed by atoms with E-state index in [2.05, 4.69) is 35.3 Å². The number of hydrogen-bond donors (Lipinski definition) is 3. The molecule has 0 amide bonds. The highest BCUT2D eigenvalue weighted by atomic mass is 19.4. The van der Waals surface area contributed by atoms with E-state index in [1.54, 1.807) is 6.92 Å². The fourth-order valence-corrected chi connectivity index (χ4v) is 5.36. The van der Waals surface area contributed by atoms with Crippen LogP contribution >= 0.6 is 0 Å². The molecule has 0 aromatic carbocycles. The van der Waals surface area contributed by atoms with E-state index < -0.39 is 95.3 Å². The molecule has 5 rings (SSSR count). The Hall–Kier alpha value is -4.36. The van der Waals surface area contributed by atoms with Crippen molar-refractivity contribution in [3.63, 3.8) is 0 Å². The van der Waals surface area contributed by atoms with E-state index in [0.29, 0.717) is 13.0 Å². The summed E-state index contributed by atoms with van der Waals surface area (Å²) >= 11 is 0. The molecule has 20 heteroatoms. The number of halogens is 9. The van der Waals surface area contributed by atoms with Gasteiger partial charge in [0, 0.05) is 31.1 Å². The quantitative estimate of drug-likeness (QED) is 0.173. The van der Waals surface area contributed by atoms with E-state index >= 15 is 4.39 Å². The lowest BCUT2D eigenvalue weighted by molar-refractivity contribution is -0.202. The maximum absolute atomic E-state index is 16.5. The second-order valence-corrected chi connectivity index (χ2v) is 11.7. The van der Waals surface area contributed by atoms with Gasteiger partial charge in [-0.25, -0.2) is 27.9 Å². The van der Waals surface area contributed by atoms with E-state index in [1.807, 2.05) is 34.6 Å². The highest BCUT2D eigenvalue weighted by Gasteiger charge is 2.73. The normalized spacial score (nSPS) is 21.2. The van der Waals surface area contributed by atoms with Gasteiger partial charge in [-0.2, -0.15) is 36.3 Å².